The van der Waals surface area contributed by atoms with Crippen LogP contribution in [0.25, 0.3) is 0 Å². The van der Waals surface area contributed by atoms with Gasteiger partial charge in [-0.15, -0.1) is 0 Å². The Bertz CT molecular complexity index is 617. The SMILES string of the molecule is Cc1nc(N)nc(NC(C)CCC2=C(F)C=C(F)CC=C2)n1. The van der Waals surface area contributed by atoms with E-state index in [0.717, 1.165) is 6.08 Å². The highest BCUT2D eigenvalue weighted by atomic mass is 19.1. The van der Waals surface area contributed by atoms with Crippen LogP contribution in [-0.4, -0.2) is 21.0 Å². The van der Waals surface area contributed by atoms with Crippen LogP contribution in [0, 0.1) is 6.92 Å². The van der Waals surface area contributed by atoms with Gasteiger partial charge in [0.1, 0.15) is 17.5 Å². The summed E-state index contributed by atoms with van der Waals surface area (Å²) in [4.78, 5) is 12.0. The molecule has 0 aliphatic heterocycles. The van der Waals surface area contributed by atoms with Crippen molar-refractivity contribution in [3.05, 3.63) is 41.3 Å². The molecule has 1 aliphatic carbocycles. The predicted octanol–water partition coefficient (Wildman–Crippen LogP) is 3.38. The first-order valence-corrected chi connectivity index (χ1v) is 7.10. The second-order valence-electron chi connectivity index (χ2n) is 5.22. The zero-order chi connectivity index (χ0) is 16.1. The van der Waals surface area contributed by atoms with E-state index in [1.165, 1.54) is 0 Å². The molecule has 0 bridgehead atoms. The van der Waals surface area contributed by atoms with Gasteiger partial charge < -0.3 is 11.1 Å². The van der Waals surface area contributed by atoms with Gasteiger partial charge in [0.15, 0.2) is 0 Å². The summed E-state index contributed by atoms with van der Waals surface area (Å²) in [5, 5.41) is 3.10. The Morgan fingerprint density at radius 1 is 1.32 bits per heavy atom. The van der Waals surface area contributed by atoms with Crippen molar-refractivity contribution in [2.24, 2.45) is 0 Å². The monoisotopic (exact) mass is 307 g/mol. The predicted molar refractivity (Wildman–Crippen MR) is 82.4 cm³/mol. The Kier molecular flexibility index (Phi) is 5.19. The molecule has 7 heteroatoms. The number of anilines is 2. The Balaban J connectivity index is 1.95. The average Bonchev–Trinajstić information content (AvgIpc) is 2.56. The topological polar surface area (TPSA) is 76.7 Å². The van der Waals surface area contributed by atoms with Crippen LogP contribution >= 0.6 is 0 Å². The maximum atomic E-state index is 13.8. The standard InChI is InChI=1S/C15H19F2N5/c1-9(19-15-21-10(2)20-14(18)22-15)6-7-11-4-3-5-12(16)8-13(11)17/h3-4,8-9H,5-7H2,1-2H3,(H3,18,19,20,21,22). The largest absolute Gasteiger partial charge is 0.368 e. The minimum atomic E-state index is -0.515. The third-order valence-corrected chi connectivity index (χ3v) is 3.21. The smallest absolute Gasteiger partial charge is 0.227 e. The quantitative estimate of drug-likeness (QED) is 0.872. The second kappa shape index (κ2) is 7.11. The first kappa shape index (κ1) is 16.1. The molecule has 0 amide bonds. The maximum absolute atomic E-state index is 13.8. The number of nitrogens with one attached hydrogen (secondary N) is 1. The van der Waals surface area contributed by atoms with Crippen LogP contribution in [0.4, 0.5) is 20.7 Å². The summed E-state index contributed by atoms with van der Waals surface area (Å²) >= 11 is 0. The van der Waals surface area contributed by atoms with Crippen molar-refractivity contribution in [3.63, 3.8) is 0 Å². The molecular formula is C15H19F2N5. The van der Waals surface area contributed by atoms with Crippen molar-refractivity contribution in [1.82, 2.24) is 15.0 Å². The Hall–Kier alpha value is -2.31. The van der Waals surface area contributed by atoms with E-state index in [2.05, 4.69) is 20.3 Å². The van der Waals surface area contributed by atoms with Crippen LogP contribution in [0.3, 0.4) is 0 Å². The normalized spacial score (nSPS) is 16.3. The summed E-state index contributed by atoms with van der Waals surface area (Å²) in [6, 6.07) is 0.00646. The van der Waals surface area contributed by atoms with Crippen LogP contribution < -0.4 is 11.1 Å². The lowest BCUT2D eigenvalue weighted by molar-refractivity contribution is 0.594. The van der Waals surface area contributed by atoms with Crippen molar-refractivity contribution >= 4 is 11.9 Å². The van der Waals surface area contributed by atoms with E-state index in [-0.39, 0.29) is 18.4 Å². The van der Waals surface area contributed by atoms with Gasteiger partial charge in [0.25, 0.3) is 0 Å². The number of nitrogens with zero attached hydrogens (tertiary/aromatic N) is 3. The molecule has 0 radical (unpaired) electrons. The maximum Gasteiger partial charge on any atom is 0.227 e. The molecule has 0 aromatic carbocycles. The van der Waals surface area contributed by atoms with Crippen LogP contribution in [0.5, 0.6) is 0 Å². The van der Waals surface area contributed by atoms with E-state index in [9.17, 15) is 8.78 Å². The Morgan fingerprint density at radius 3 is 2.82 bits per heavy atom. The van der Waals surface area contributed by atoms with Crippen molar-refractivity contribution in [3.8, 4) is 0 Å². The molecule has 5 nitrogen and oxygen atoms in total. The van der Waals surface area contributed by atoms with Gasteiger partial charge in [0.05, 0.1) is 0 Å². The molecule has 22 heavy (non-hydrogen) atoms. The number of allylic oxidation sites excluding steroid dienone is 6. The van der Waals surface area contributed by atoms with E-state index in [4.69, 9.17) is 5.73 Å². The molecule has 1 heterocycles. The highest BCUT2D eigenvalue weighted by Crippen LogP contribution is 2.23. The number of hydrogen-bond donors (Lipinski definition) is 2. The Morgan fingerprint density at radius 2 is 2.09 bits per heavy atom. The fourth-order valence-electron chi connectivity index (χ4n) is 2.12. The summed E-state index contributed by atoms with van der Waals surface area (Å²) in [7, 11) is 0. The van der Waals surface area contributed by atoms with Crippen LogP contribution in [0.1, 0.15) is 32.0 Å². The van der Waals surface area contributed by atoms with Gasteiger partial charge in [-0.25, -0.2) is 8.78 Å². The molecule has 118 valence electrons. The molecule has 1 aromatic heterocycles. The van der Waals surface area contributed by atoms with Gasteiger partial charge >= 0.3 is 0 Å². The third kappa shape index (κ3) is 4.61. The molecule has 0 saturated heterocycles. The van der Waals surface area contributed by atoms with Crippen LogP contribution in [0.15, 0.2) is 35.5 Å². The summed E-state index contributed by atoms with van der Waals surface area (Å²) in [6.45, 7) is 3.66. The lowest BCUT2D eigenvalue weighted by atomic mass is 10.1. The molecule has 1 unspecified atom stereocenters. The lowest BCUT2D eigenvalue weighted by Gasteiger charge is -2.14. The van der Waals surface area contributed by atoms with Crippen molar-refractivity contribution < 1.29 is 8.78 Å². The third-order valence-electron chi connectivity index (χ3n) is 3.21. The van der Waals surface area contributed by atoms with E-state index in [1.807, 2.05) is 6.92 Å². The van der Waals surface area contributed by atoms with Gasteiger partial charge in [0, 0.05) is 18.5 Å². The molecule has 0 saturated carbocycles. The highest BCUT2D eigenvalue weighted by molar-refractivity contribution is 5.34. The molecule has 1 atom stereocenters. The lowest BCUT2D eigenvalue weighted by Crippen LogP contribution is -2.18. The highest BCUT2D eigenvalue weighted by Gasteiger charge is 2.11. The number of rotatable bonds is 5. The molecule has 0 spiro atoms. The number of halogens is 2. The number of nitrogens with two attached hydrogens (primary N) is 1. The van der Waals surface area contributed by atoms with Gasteiger partial charge in [0.2, 0.25) is 11.9 Å². The zero-order valence-electron chi connectivity index (χ0n) is 12.6. The van der Waals surface area contributed by atoms with E-state index < -0.39 is 11.7 Å². The van der Waals surface area contributed by atoms with Crippen molar-refractivity contribution in [2.75, 3.05) is 11.1 Å². The van der Waals surface area contributed by atoms with Crippen molar-refractivity contribution in [1.29, 1.82) is 0 Å². The minimum Gasteiger partial charge on any atom is -0.368 e. The average molecular weight is 307 g/mol. The summed E-state index contributed by atoms with van der Waals surface area (Å²) in [5.41, 5.74) is 6.06. The number of aryl methyl sites for hydroxylation is 1. The first-order valence-electron chi connectivity index (χ1n) is 7.10. The van der Waals surface area contributed by atoms with E-state index >= 15 is 0 Å². The Labute approximate surface area is 128 Å². The number of hydrogen-bond acceptors (Lipinski definition) is 5. The van der Waals surface area contributed by atoms with Crippen molar-refractivity contribution in [2.45, 2.75) is 39.2 Å². The van der Waals surface area contributed by atoms with Gasteiger partial charge in [-0.2, -0.15) is 15.0 Å². The summed E-state index contributed by atoms with van der Waals surface area (Å²) in [6.07, 6.45) is 5.47. The van der Waals surface area contributed by atoms with Crippen LogP contribution in [-0.2, 0) is 0 Å². The molecule has 1 aliphatic rings. The minimum absolute atomic E-state index is 0.00646. The summed E-state index contributed by atoms with van der Waals surface area (Å²) < 4.78 is 26.9. The zero-order valence-corrected chi connectivity index (χ0v) is 12.6. The van der Waals surface area contributed by atoms with Gasteiger partial charge in [-0.05, 0) is 32.3 Å². The number of aromatic nitrogens is 3. The van der Waals surface area contributed by atoms with E-state index in [0.29, 0.717) is 30.2 Å². The van der Waals surface area contributed by atoms with Crippen LogP contribution in [0.2, 0.25) is 0 Å². The van der Waals surface area contributed by atoms with E-state index in [1.54, 1.807) is 19.1 Å². The molecule has 1 aromatic rings. The number of nitrogen functional groups attached to an aromatic ring is 1. The van der Waals surface area contributed by atoms with Gasteiger partial charge in [-0.1, -0.05) is 12.2 Å². The fraction of sp³-hybridized carbons (Fsp3) is 0.400. The molecular weight excluding hydrogens is 288 g/mol. The summed E-state index contributed by atoms with van der Waals surface area (Å²) in [5.74, 6) is 0.102. The molecule has 2 rings (SSSR count). The van der Waals surface area contributed by atoms with Gasteiger partial charge in [-0.3, -0.25) is 0 Å². The fourth-order valence-corrected chi connectivity index (χ4v) is 2.12. The molecule has 3 N–H and O–H groups in total. The first-order chi connectivity index (χ1) is 10.4. The second-order valence-corrected chi connectivity index (χ2v) is 5.22. The molecule has 0 fully saturated rings.